The number of carbonyl (C=O) groups is 3. The van der Waals surface area contributed by atoms with Crippen molar-refractivity contribution in [3.05, 3.63) is 51.6 Å². The zero-order chi connectivity index (χ0) is 32.4. The van der Waals surface area contributed by atoms with Crippen molar-refractivity contribution in [1.82, 2.24) is 4.90 Å². The molecule has 13 heteroatoms. The molecule has 4 N–H and O–H groups in total. The summed E-state index contributed by atoms with van der Waals surface area (Å²) in [6.45, 7) is 4.21. The summed E-state index contributed by atoms with van der Waals surface area (Å²) in [7, 11) is 2.88. The van der Waals surface area contributed by atoms with Crippen LogP contribution < -0.4 is 4.74 Å². The first-order valence-corrected chi connectivity index (χ1v) is 14.9. The van der Waals surface area contributed by atoms with Crippen LogP contribution >= 0.6 is 0 Å². The highest BCUT2D eigenvalue weighted by Crippen LogP contribution is 2.52. The number of ether oxygens (including phenoxy) is 5. The van der Waals surface area contributed by atoms with E-state index in [1.54, 1.807) is 6.92 Å². The number of carbonyl (C=O) groups excluding carboxylic acids is 3. The highest BCUT2D eigenvalue weighted by molar-refractivity contribution is 6.31. The first-order valence-electron chi connectivity index (χ1n) is 14.9. The summed E-state index contributed by atoms with van der Waals surface area (Å²) in [5, 5.41) is 45.7. The van der Waals surface area contributed by atoms with Gasteiger partial charge in [0, 0.05) is 62.2 Å². The normalized spacial score (nSPS) is 31.6. The van der Waals surface area contributed by atoms with Crippen LogP contribution in [-0.4, -0.2) is 113 Å². The molecule has 0 bridgehead atoms. The van der Waals surface area contributed by atoms with Gasteiger partial charge in [-0.15, -0.1) is 0 Å². The summed E-state index contributed by atoms with van der Waals surface area (Å²) < 4.78 is 28.6. The average molecular weight is 628 g/mol. The summed E-state index contributed by atoms with van der Waals surface area (Å²) >= 11 is 0. The number of aliphatic hydroxyl groups excluding tert-OH is 1. The number of nitrogens with zero attached hydrogens (tertiary/aromatic N) is 1. The Kier molecular flexibility index (Phi) is 8.23. The van der Waals surface area contributed by atoms with Crippen molar-refractivity contribution in [2.75, 3.05) is 33.9 Å². The minimum atomic E-state index is -2.02. The van der Waals surface area contributed by atoms with E-state index in [9.17, 15) is 34.8 Å². The molecular formula is C32H37NO12. The van der Waals surface area contributed by atoms with Crippen LogP contribution in [-0.2, 0) is 30.2 Å². The fourth-order valence-corrected chi connectivity index (χ4v) is 7.04. The molecule has 2 aromatic carbocycles. The number of phenolic OH excluding ortho intramolecular Hbond substituents is 2. The molecule has 2 aliphatic heterocycles. The molecule has 2 saturated heterocycles. The number of hydrogen-bond acceptors (Lipinski definition) is 13. The minimum absolute atomic E-state index is 0.0139. The number of ketones is 3. The molecular weight excluding hydrogens is 590 g/mol. The van der Waals surface area contributed by atoms with Crippen LogP contribution in [0.5, 0.6) is 17.2 Å². The van der Waals surface area contributed by atoms with Crippen LogP contribution in [0.4, 0.5) is 0 Å². The van der Waals surface area contributed by atoms with Gasteiger partial charge in [-0.25, -0.2) is 0 Å². The molecule has 242 valence electrons. The van der Waals surface area contributed by atoms with Gasteiger partial charge >= 0.3 is 0 Å². The van der Waals surface area contributed by atoms with Gasteiger partial charge in [-0.1, -0.05) is 12.1 Å². The average Bonchev–Trinajstić information content (AvgIpc) is 3.02. The molecule has 7 atom stereocenters. The van der Waals surface area contributed by atoms with Gasteiger partial charge < -0.3 is 44.1 Å². The van der Waals surface area contributed by atoms with Crippen molar-refractivity contribution < 1.29 is 58.5 Å². The molecule has 4 aliphatic rings. The van der Waals surface area contributed by atoms with Gasteiger partial charge in [-0.2, -0.15) is 0 Å². The van der Waals surface area contributed by atoms with Crippen molar-refractivity contribution in [2.24, 2.45) is 0 Å². The van der Waals surface area contributed by atoms with Crippen LogP contribution in [0, 0.1) is 0 Å². The van der Waals surface area contributed by atoms with E-state index < -0.39 is 88.9 Å². The van der Waals surface area contributed by atoms with Crippen molar-refractivity contribution >= 4 is 17.3 Å². The van der Waals surface area contributed by atoms with Gasteiger partial charge in [-0.3, -0.25) is 19.3 Å². The van der Waals surface area contributed by atoms with Gasteiger partial charge in [0.2, 0.25) is 5.78 Å². The standard InChI is InChI=1S/C32H37NO12/c1-14-27(35)18(33-8-9-43-22(13-33)42-4)10-21(44-14)45-20-12-32(40,15(2)34)11-17-24(20)31(39)26-25(29(17)37)28(36)16-6-5-7-19(41-3)23(16)30(26)38/h5-7,14,18,20-22,27,35,37,39-40H,8-13H2,1-4H3/t14?,18?,20-,21?,22?,27?,32?/m0/s1. The van der Waals surface area contributed by atoms with E-state index in [4.69, 9.17) is 23.7 Å². The van der Waals surface area contributed by atoms with Crippen molar-refractivity contribution in [1.29, 1.82) is 0 Å². The number of morpholine rings is 1. The fourth-order valence-electron chi connectivity index (χ4n) is 7.04. The zero-order valence-corrected chi connectivity index (χ0v) is 25.4. The highest BCUT2D eigenvalue weighted by atomic mass is 16.7. The van der Waals surface area contributed by atoms with Crippen molar-refractivity contribution in [3.8, 4) is 17.2 Å². The summed E-state index contributed by atoms with van der Waals surface area (Å²) in [4.78, 5) is 42.3. The Morgan fingerprint density at radius 2 is 1.80 bits per heavy atom. The molecule has 0 radical (unpaired) electrons. The van der Waals surface area contributed by atoms with Crippen molar-refractivity contribution in [3.63, 3.8) is 0 Å². The molecule has 0 saturated carbocycles. The monoisotopic (exact) mass is 627 g/mol. The van der Waals surface area contributed by atoms with Crippen LogP contribution in [0.25, 0.3) is 0 Å². The van der Waals surface area contributed by atoms with E-state index in [0.717, 1.165) is 0 Å². The second-order valence-electron chi connectivity index (χ2n) is 12.1. The fraction of sp³-hybridized carbons (Fsp3) is 0.531. The molecule has 13 nitrogen and oxygen atoms in total. The second kappa shape index (κ2) is 11.7. The molecule has 2 heterocycles. The third-order valence-corrected chi connectivity index (χ3v) is 9.52. The van der Waals surface area contributed by atoms with E-state index >= 15 is 0 Å². The lowest BCUT2D eigenvalue weighted by atomic mass is 9.72. The van der Waals surface area contributed by atoms with Crippen molar-refractivity contribution in [2.45, 2.75) is 75.6 Å². The molecule has 0 spiro atoms. The topological polar surface area (TPSA) is 182 Å². The number of aromatic hydroxyl groups is 2. The number of Topliss-reactive ketones (excluding diaryl/α,β-unsaturated/α-hetero) is 1. The lowest BCUT2D eigenvalue weighted by Gasteiger charge is -2.47. The van der Waals surface area contributed by atoms with Gasteiger partial charge in [-0.05, 0) is 19.9 Å². The molecule has 2 aliphatic carbocycles. The lowest BCUT2D eigenvalue weighted by molar-refractivity contribution is -0.266. The number of aliphatic hydroxyl groups is 2. The molecule has 2 aromatic rings. The molecule has 2 fully saturated rings. The SMILES string of the molecule is COc1cccc2c1C(=O)c1c(O)c3c(c(O)c1C2=O)CC(O)(C(C)=O)C[C@@H]3OC1CC(N2CCOC(OC)C2)C(O)C(C)O1. The number of fused-ring (bicyclic) bond motifs is 3. The Labute approximate surface area is 259 Å². The van der Waals surface area contributed by atoms with Gasteiger partial charge in [0.05, 0.1) is 48.7 Å². The van der Waals surface area contributed by atoms with E-state index in [1.165, 1.54) is 39.3 Å². The number of phenols is 2. The van der Waals surface area contributed by atoms with E-state index in [0.29, 0.717) is 19.7 Å². The van der Waals surface area contributed by atoms with Gasteiger partial charge in [0.15, 0.2) is 24.1 Å². The van der Waals surface area contributed by atoms with Gasteiger partial charge in [0.1, 0.15) is 22.8 Å². The minimum Gasteiger partial charge on any atom is -0.507 e. The summed E-state index contributed by atoms with van der Waals surface area (Å²) in [5.41, 5.74) is -3.03. The van der Waals surface area contributed by atoms with Crippen LogP contribution in [0.15, 0.2) is 18.2 Å². The maximum Gasteiger partial charge on any atom is 0.202 e. The third kappa shape index (κ3) is 5.12. The Morgan fingerprint density at radius 1 is 1.07 bits per heavy atom. The van der Waals surface area contributed by atoms with E-state index in [1.807, 2.05) is 4.90 Å². The van der Waals surface area contributed by atoms with E-state index in [-0.39, 0.29) is 40.8 Å². The van der Waals surface area contributed by atoms with Crippen LogP contribution in [0.1, 0.15) is 75.8 Å². The van der Waals surface area contributed by atoms with E-state index in [2.05, 4.69) is 0 Å². The smallest absolute Gasteiger partial charge is 0.202 e. The maximum atomic E-state index is 13.8. The first-order chi connectivity index (χ1) is 21.4. The summed E-state index contributed by atoms with van der Waals surface area (Å²) in [6, 6.07) is 4.04. The number of benzene rings is 2. The van der Waals surface area contributed by atoms with Crippen LogP contribution in [0.3, 0.4) is 0 Å². The molecule has 6 unspecified atom stereocenters. The predicted octanol–water partition coefficient (Wildman–Crippen LogP) is 1.37. The first kappa shape index (κ1) is 31.5. The largest absolute Gasteiger partial charge is 0.507 e. The predicted molar refractivity (Wildman–Crippen MR) is 154 cm³/mol. The molecule has 0 aromatic heterocycles. The molecule has 0 amide bonds. The lowest BCUT2D eigenvalue weighted by Crippen LogP contribution is -2.59. The Hall–Kier alpha value is -3.43. The third-order valence-electron chi connectivity index (χ3n) is 9.52. The Balaban J connectivity index is 1.42. The molecule has 45 heavy (non-hydrogen) atoms. The Morgan fingerprint density at radius 3 is 2.49 bits per heavy atom. The number of methoxy groups -OCH3 is 2. The molecule has 6 rings (SSSR count). The quantitative estimate of drug-likeness (QED) is 0.288. The zero-order valence-electron chi connectivity index (χ0n) is 25.4. The second-order valence-corrected chi connectivity index (χ2v) is 12.1. The number of rotatable bonds is 6. The van der Waals surface area contributed by atoms with Gasteiger partial charge in [0.25, 0.3) is 0 Å². The summed E-state index contributed by atoms with van der Waals surface area (Å²) in [5.74, 6) is -3.15. The highest BCUT2D eigenvalue weighted by Gasteiger charge is 2.50. The summed E-state index contributed by atoms with van der Waals surface area (Å²) in [6.07, 6.45) is -4.84. The maximum absolute atomic E-state index is 13.8. The number of hydrogen-bond donors (Lipinski definition) is 4. The van der Waals surface area contributed by atoms with Crippen LogP contribution in [0.2, 0.25) is 0 Å². The Bertz CT molecular complexity index is 1560.